The minimum atomic E-state index is 1.29. The largest absolute Gasteiger partial charge is 0.0874 e. The monoisotopic (exact) mass is 94.1 g/mol. The second-order valence-corrected chi connectivity index (χ2v) is 1.82. The third kappa shape index (κ3) is 0.923. The lowest BCUT2D eigenvalue weighted by molar-refractivity contribution is 0.906. The average Bonchev–Trinajstić information content (AvgIpc) is 1.55. The number of hydrogen-bond donors (Lipinski definition) is 0. The van der Waals surface area contributed by atoms with Crippen LogP contribution in [0.5, 0.6) is 0 Å². The molecule has 0 N–H and O–H groups in total. The quantitative estimate of drug-likeness (QED) is 0.467. The summed E-state index contributed by atoms with van der Waals surface area (Å²) in [5, 5.41) is 0. The Balaban J connectivity index is 2.41. The molecule has 0 aromatic carbocycles. The van der Waals surface area contributed by atoms with Crippen molar-refractivity contribution in [1.29, 1.82) is 0 Å². The first-order chi connectivity index (χ1) is 3.43. The van der Waals surface area contributed by atoms with Gasteiger partial charge in [-0.15, -0.1) is 0 Å². The fourth-order valence-corrected chi connectivity index (χ4v) is 0.676. The highest BCUT2D eigenvalue weighted by Crippen LogP contribution is 2.17. The molecule has 0 saturated carbocycles. The van der Waals surface area contributed by atoms with E-state index in [1.165, 1.54) is 18.4 Å². The van der Waals surface area contributed by atoms with Crippen molar-refractivity contribution in [3.8, 4) is 0 Å². The Bertz CT molecular complexity index is 107. The lowest BCUT2D eigenvalue weighted by atomic mass is 9.99. The SMILES string of the molecule is CC=CC1=CCC1. The Morgan fingerprint density at radius 1 is 1.71 bits per heavy atom. The molecule has 1 rings (SSSR count). The van der Waals surface area contributed by atoms with Crippen molar-refractivity contribution in [1.82, 2.24) is 0 Å². The molecule has 0 fully saturated rings. The third-order valence-corrected chi connectivity index (χ3v) is 1.22. The summed E-state index contributed by atoms with van der Waals surface area (Å²) < 4.78 is 0. The van der Waals surface area contributed by atoms with Crippen LogP contribution in [0.25, 0.3) is 0 Å². The van der Waals surface area contributed by atoms with Gasteiger partial charge in [0.05, 0.1) is 0 Å². The van der Waals surface area contributed by atoms with Crippen LogP contribution in [0.1, 0.15) is 19.8 Å². The van der Waals surface area contributed by atoms with Crippen LogP contribution in [0.3, 0.4) is 0 Å². The molecular formula is C7H10. The molecule has 0 amide bonds. The van der Waals surface area contributed by atoms with Gasteiger partial charge < -0.3 is 0 Å². The van der Waals surface area contributed by atoms with Gasteiger partial charge in [-0.25, -0.2) is 0 Å². The zero-order valence-electron chi connectivity index (χ0n) is 4.65. The van der Waals surface area contributed by atoms with E-state index >= 15 is 0 Å². The highest BCUT2D eigenvalue weighted by molar-refractivity contribution is 5.24. The van der Waals surface area contributed by atoms with Crippen LogP contribution < -0.4 is 0 Å². The van der Waals surface area contributed by atoms with Gasteiger partial charge in [-0.05, 0) is 19.8 Å². The average molecular weight is 94.2 g/mol. The van der Waals surface area contributed by atoms with E-state index in [9.17, 15) is 0 Å². The first kappa shape index (κ1) is 4.63. The van der Waals surface area contributed by atoms with Gasteiger partial charge in [-0.1, -0.05) is 23.8 Å². The lowest BCUT2D eigenvalue weighted by Crippen LogP contribution is -1.87. The van der Waals surface area contributed by atoms with E-state index in [-0.39, 0.29) is 0 Å². The van der Waals surface area contributed by atoms with Crippen LogP contribution in [0.2, 0.25) is 0 Å². The molecule has 0 bridgehead atoms. The van der Waals surface area contributed by atoms with E-state index in [0.29, 0.717) is 0 Å². The first-order valence-electron chi connectivity index (χ1n) is 2.75. The fraction of sp³-hybridized carbons (Fsp3) is 0.429. The van der Waals surface area contributed by atoms with Gasteiger partial charge >= 0.3 is 0 Å². The van der Waals surface area contributed by atoms with Crippen molar-refractivity contribution >= 4 is 0 Å². The third-order valence-electron chi connectivity index (χ3n) is 1.22. The van der Waals surface area contributed by atoms with Crippen LogP contribution in [-0.2, 0) is 0 Å². The summed E-state index contributed by atoms with van der Waals surface area (Å²) >= 11 is 0. The summed E-state index contributed by atoms with van der Waals surface area (Å²) in [5.74, 6) is 0. The summed E-state index contributed by atoms with van der Waals surface area (Å²) in [7, 11) is 0. The number of allylic oxidation sites excluding steroid dienone is 4. The summed E-state index contributed by atoms with van der Waals surface area (Å²) in [6.07, 6.45) is 9.11. The summed E-state index contributed by atoms with van der Waals surface area (Å²) in [4.78, 5) is 0. The fourth-order valence-electron chi connectivity index (χ4n) is 0.676. The van der Waals surface area contributed by atoms with Crippen LogP contribution in [-0.4, -0.2) is 0 Å². The zero-order valence-corrected chi connectivity index (χ0v) is 4.65. The van der Waals surface area contributed by atoms with Gasteiger partial charge in [0.15, 0.2) is 0 Å². The van der Waals surface area contributed by atoms with Crippen molar-refractivity contribution in [3.63, 3.8) is 0 Å². The Kier molecular flexibility index (Phi) is 1.30. The Hall–Kier alpha value is -0.520. The maximum atomic E-state index is 2.26. The molecule has 0 aromatic heterocycles. The minimum Gasteiger partial charge on any atom is -0.0874 e. The molecule has 0 heteroatoms. The highest BCUT2D eigenvalue weighted by Gasteiger charge is 1.98. The van der Waals surface area contributed by atoms with Gasteiger partial charge in [-0.3, -0.25) is 0 Å². The summed E-state index contributed by atoms with van der Waals surface area (Å²) in [6, 6.07) is 0. The molecular weight excluding hydrogens is 84.1 g/mol. The molecule has 0 spiro atoms. The van der Waals surface area contributed by atoms with Crippen molar-refractivity contribution in [2.45, 2.75) is 19.8 Å². The lowest BCUT2D eigenvalue weighted by Gasteiger charge is -2.07. The second-order valence-electron chi connectivity index (χ2n) is 1.82. The molecule has 0 aromatic rings. The van der Waals surface area contributed by atoms with Gasteiger partial charge in [0.2, 0.25) is 0 Å². The topological polar surface area (TPSA) is 0 Å². The summed E-state index contributed by atoms with van der Waals surface area (Å²) in [6.45, 7) is 2.05. The smallest absolute Gasteiger partial charge is 0.0247 e. The van der Waals surface area contributed by atoms with E-state index < -0.39 is 0 Å². The van der Waals surface area contributed by atoms with E-state index in [1.807, 2.05) is 0 Å². The van der Waals surface area contributed by atoms with Crippen molar-refractivity contribution < 1.29 is 0 Å². The highest BCUT2D eigenvalue weighted by atomic mass is 14.0. The molecule has 0 aliphatic heterocycles. The summed E-state index contributed by atoms with van der Waals surface area (Å²) in [5.41, 5.74) is 1.50. The zero-order chi connectivity index (χ0) is 5.11. The molecule has 7 heavy (non-hydrogen) atoms. The molecule has 1 aliphatic rings. The van der Waals surface area contributed by atoms with Crippen LogP contribution in [0.15, 0.2) is 23.8 Å². The minimum absolute atomic E-state index is 1.29. The predicted octanol–water partition coefficient (Wildman–Crippen LogP) is 2.28. The molecule has 38 valence electrons. The molecule has 0 unspecified atom stereocenters. The molecule has 0 radical (unpaired) electrons. The van der Waals surface area contributed by atoms with Crippen molar-refractivity contribution in [2.75, 3.05) is 0 Å². The Morgan fingerprint density at radius 3 is 2.57 bits per heavy atom. The molecule has 0 nitrogen and oxygen atoms in total. The second kappa shape index (κ2) is 1.97. The van der Waals surface area contributed by atoms with Crippen molar-refractivity contribution in [2.24, 2.45) is 0 Å². The first-order valence-corrected chi connectivity index (χ1v) is 2.75. The normalized spacial score (nSPS) is 19.3. The Morgan fingerprint density at radius 2 is 2.43 bits per heavy atom. The van der Waals surface area contributed by atoms with Crippen LogP contribution >= 0.6 is 0 Å². The number of hydrogen-bond acceptors (Lipinski definition) is 0. The molecule has 0 atom stereocenters. The number of rotatable bonds is 1. The molecule has 0 heterocycles. The van der Waals surface area contributed by atoms with Gasteiger partial charge in [0, 0.05) is 0 Å². The van der Waals surface area contributed by atoms with Crippen LogP contribution in [0, 0.1) is 0 Å². The van der Waals surface area contributed by atoms with Crippen LogP contribution in [0.4, 0.5) is 0 Å². The molecule has 0 saturated heterocycles. The van der Waals surface area contributed by atoms with Crippen molar-refractivity contribution in [3.05, 3.63) is 23.8 Å². The van der Waals surface area contributed by atoms with E-state index in [2.05, 4.69) is 25.2 Å². The Labute approximate surface area is 44.5 Å². The van der Waals surface area contributed by atoms with Gasteiger partial charge in [0.25, 0.3) is 0 Å². The van der Waals surface area contributed by atoms with Gasteiger partial charge in [-0.2, -0.15) is 0 Å². The standard InChI is InChI=1S/C7H10/c1-2-4-7-5-3-6-7/h2,4-5H,3,6H2,1H3. The predicted molar refractivity (Wildman–Crippen MR) is 32.1 cm³/mol. The maximum absolute atomic E-state index is 2.26. The van der Waals surface area contributed by atoms with E-state index in [1.54, 1.807) is 0 Å². The molecule has 1 aliphatic carbocycles. The van der Waals surface area contributed by atoms with E-state index in [0.717, 1.165) is 0 Å². The van der Waals surface area contributed by atoms with E-state index in [4.69, 9.17) is 0 Å². The maximum Gasteiger partial charge on any atom is -0.0247 e. The van der Waals surface area contributed by atoms with Gasteiger partial charge in [0.1, 0.15) is 0 Å².